The number of thiazole rings is 1. The molecule has 4 heteroatoms. The number of nitriles is 1. The smallest absolute Gasteiger partial charge is 0.195 e. The van der Waals surface area contributed by atoms with Crippen LogP contribution in [0.2, 0.25) is 0 Å². The maximum absolute atomic E-state index is 12.1. The molecule has 0 N–H and O–H groups in total. The topological polar surface area (TPSA) is 53.8 Å². The van der Waals surface area contributed by atoms with Crippen LogP contribution in [-0.4, -0.2) is 10.8 Å². The summed E-state index contributed by atoms with van der Waals surface area (Å²) >= 11 is 1.26. The highest BCUT2D eigenvalue weighted by Crippen LogP contribution is 2.22. The van der Waals surface area contributed by atoms with Crippen LogP contribution in [0.4, 0.5) is 0 Å². The molecular formula is C13H10N2OS. The van der Waals surface area contributed by atoms with Crippen LogP contribution in [0.1, 0.15) is 26.7 Å². The van der Waals surface area contributed by atoms with Gasteiger partial charge in [-0.1, -0.05) is 29.8 Å². The zero-order valence-electron chi connectivity index (χ0n) is 9.25. The number of hydrogen-bond donors (Lipinski definition) is 0. The van der Waals surface area contributed by atoms with Gasteiger partial charge in [0.05, 0.1) is 16.5 Å². The van der Waals surface area contributed by atoms with Crippen LogP contribution in [0.5, 0.6) is 0 Å². The van der Waals surface area contributed by atoms with Crippen LogP contribution in [0.25, 0.3) is 0 Å². The second-order valence-corrected chi connectivity index (χ2v) is 4.59. The van der Waals surface area contributed by atoms with Gasteiger partial charge in [0, 0.05) is 6.20 Å². The summed E-state index contributed by atoms with van der Waals surface area (Å²) in [4.78, 5) is 16.5. The van der Waals surface area contributed by atoms with Crippen LogP contribution >= 0.6 is 11.3 Å². The molecule has 0 saturated carbocycles. The molecule has 1 heterocycles. The van der Waals surface area contributed by atoms with Crippen molar-refractivity contribution in [3.63, 3.8) is 0 Å². The van der Waals surface area contributed by atoms with Gasteiger partial charge in [0.2, 0.25) is 0 Å². The number of aryl methyl sites for hydroxylation is 1. The Kier molecular flexibility index (Phi) is 3.31. The number of carbonyl (C=O) groups excluding carboxylic acids is 1. The molecule has 0 spiro atoms. The Bertz CT molecular complexity index is 552. The summed E-state index contributed by atoms with van der Waals surface area (Å²) in [5, 5.41) is 9.13. The number of rotatable bonds is 3. The van der Waals surface area contributed by atoms with E-state index in [1.54, 1.807) is 5.51 Å². The number of Topliss-reactive ketones (excluding diaryl/α,β-unsaturated/α-hetero) is 1. The highest BCUT2D eigenvalue weighted by molar-refractivity contribution is 7.11. The Balaban J connectivity index is 2.32. The van der Waals surface area contributed by atoms with Crippen LogP contribution < -0.4 is 0 Å². The van der Waals surface area contributed by atoms with E-state index in [9.17, 15) is 4.79 Å². The summed E-state index contributed by atoms with van der Waals surface area (Å²) in [6, 6.07) is 9.50. The zero-order valence-corrected chi connectivity index (χ0v) is 10.1. The van der Waals surface area contributed by atoms with E-state index in [-0.39, 0.29) is 5.78 Å². The van der Waals surface area contributed by atoms with Gasteiger partial charge in [-0.15, -0.1) is 11.3 Å². The molecule has 2 rings (SSSR count). The Morgan fingerprint density at radius 3 is 2.65 bits per heavy atom. The standard InChI is InChI=1S/C13H10N2OS/c1-9-2-4-10(5-3-9)11(6-14)13(16)12-7-15-8-17-12/h2-5,7-8,11H,1H3. The summed E-state index contributed by atoms with van der Waals surface area (Å²) in [6.45, 7) is 1.97. The Hall–Kier alpha value is -1.99. The van der Waals surface area contributed by atoms with Gasteiger partial charge >= 0.3 is 0 Å². The predicted molar refractivity (Wildman–Crippen MR) is 66.0 cm³/mol. The minimum Gasteiger partial charge on any atom is -0.291 e. The molecule has 0 aliphatic carbocycles. The molecule has 1 unspecified atom stereocenters. The van der Waals surface area contributed by atoms with Crippen molar-refractivity contribution in [2.24, 2.45) is 0 Å². The highest BCUT2D eigenvalue weighted by atomic mass is 32.1. The molecule has 3 nitrogen and oxygen atoms in total. The first kappa shape index (κ1) is 11.5. The molecule has 0 radical (unpaired) electrons. The van der Waals surface area contributed by atoms with Gasteiger partial charge in [-0.3, -0.25) is 9.78 Å². The maximum atomic E-state index is 12.1. The van der Waals surface area contributed by atoms with Crippen molar-refractivity contribution in [3.05, 3.63) is 52.0 Å². The van der Waals surface area contributed by atoms with E-state index in [2.05, 4.69) is 11.1 Å². The highest BCUT2D eigenvalue weighted by Gasteiger charge is 2.22. The first-order valence-corrected chi connectivity index (χ1v) is 5.99. The third-order valence-corrected chi connectivity index (χ3v) is 3.26. The molecule has 1 aromatic heterocycles. The lowest BCUT2D eigenvalue weighted by Gasteiger charge is -2.06. The first-order chi connectivity index (χ1) is 8.22. The van der Waals surface area contributed by atoms with E-state index in [0.29, 0.717) is 4.88 Å². The van der Waals surface area contributed by atoms with Crippen molar-refractivity contribution in [1.29, 1.82) is 5.26 Å². The van der Waals surface area contributed by atoms with Gasteiger partial charge in [0.15, 0.2) is 5.78 Å². The monoisotopic (exact) mass is 242 g/mol. The van der Waals surface area contributed by atoms with E-state index in [4.69, 9.17) is 5.26 Å². The Morgan fingerprint density at radius 2 is 2.12 bits per heavy atom. The number of carbonyl (C=O) groups is 1. The molecule has 0 bridgehead atoms. The molecule has 84 valence electrons. The quantitative estimate of drug-likeness (QED) is 0.777. The minimum absolute atomic E-state index is 0.182. The molecule has 17 heavy (non-hydrogen) atoms. The predicted octanol–water partition coefficient (Wildman–Crippen LogP) is 2.94. The molecule has 0 fully saturated rings. The van der Waals surface area contributed by atoms with Gasteiger partial charge in [-0.2, -0.15) is 5.26 Å². The lowest BCUT2D eigenvalue weighted by Crippen LogP contribution is -2.09. The molecule has 1 atom stereocenters. The van der Waals surface area contributed by atoms with Crippen molar-refractivity contribution in [2.75, 3.05) is 0 Å². The number of ketones is 1. The molecule has 0 amide bonds. The van der Waals surface area contributed by atoms with E-state index < -0.39 is 5.92 Å². The average Bonchev–Trinajstić information content (AvgIpc) is 2.86. The van der Waals surface area contributed by atoms with Gasteiger partial charge < -0.3 is 0 Å². The number of nitrogens with zero attached hydrogens (tertiary/aromatic N) is 2. The average molecular weight is 242 g/mol. The fourth-order valence-corrected chi connectivity index (χ4v) is 2.11. The molecule has 2 aromatic rings. The van der Waals surface area contributed by atoms with Gasteiger partial charge in [0.25, 0.3) is 0 Å². The minimum atomic E-state index is -0.740. The fraction of sp³-hybridized carbons (Fsp3) is 0.154. The number of aromatic nitrogens is 1. The summed E-state index contributed by atoms with van der Waals surface area (Å²) in [5.41, 5.74) is 3.43. The van der Waals surface area contributed by atoms with E-state index in [1.807, 2.05) is 31.2 Å². The molecule has 1 aromatic carbocycles. The van der Waals surface area contributed by atoms with Crippen LogP contribution in [-0.2, 0) is 0 Å². The molecule has 0 aliphatic heterocycles. The van der Waals surface area contributed by atoms with E-state index >= 15 is 0 Å². The normalized spacial score (nSPS) is 11.8. The van der Waals surface area contributed by atoms with Gasteiger partial charge in [0.1, 0.15) is 5.92 Å². The third kappa shape index (κ3) is 2.40. The molecule has 0 saturated heterocycles. The molecular weight excluding hydrogens is 232 g/mol. The second kappa shape index (κ2) is 4.89. The largest absolute Gasteiger partial charge is 0.291 e. The van der Waals surface area contributed by atoms with E-state index in [0.717, 1.165) is 11.1 Å². The Morgan fingerprint density at radius 1 is 1.41 bits per heavy atom. The summed E-state index contributed by atoms with van der Waals surface area (Å²) in [5.74, 6) is -0.921. The first-order valence-electron chi connectivity index (χ1n) is 5.11. The number of benzene rings is 1. The van der Waals surface area contributed by atoms with Crippen LogP contribution in [0, 0.1) is 18.3 Å². The summed E-state index contributed by atoms with van der Waals surface area (Å²) in [7, 11) is 0. The van der Waals surface area contributed by atoms with Crippen LogP contribution in [0.3, 0.4) is 0 Å². The van der Waals surface area contributed by atoms with Crippen molar-refractivity contribution in [2.45, 2.75) is 12.8 Å². The van der Waals surface area contributed by atoms with Gasteiger partial charge in [-0.25, -0.2) is 0 Å². The van der Waals surface area contributed by atoms with E-state index in [1.165, 1.54) is 17.5 Å². The van der Waals surface area contributed by atoms with Crippen molar-refractivity contribution < 1.29 is 4.79 Å². The summed E-state index contributed by atoms with van der Waals surface area (Å²) < 4.78 is 0. The lowest BCUT2D eigenvalue weighted by atomic mass is 9.95. The number of hydrogen-bond acceptors (Lipinski definition) is 4. The second-order valence-electron chi connectivity index (χ2n) is 3.70. The Labute approximate surface area is 103 Å². The van der Waals surface area contributed by atoms with Crippen molar-refractivity contribution in [1.82, 2.24) is 4.98 Å². The zero-order chi connectivity index (χ0) is 12.3. The third-order valence-electron chi connectivity index (χ3n) is 2.48. The fourth-order valence-electron chi connectivity index (χ4n) is 1.52. The SMILES string of the molecule is Cc1ccc(C(C#N)C(=O)c2cncs2)cc1. The van der Waals surface area contributed by atoms with Crippen molar-refractivity contribution in [3.8, 4) is 6.07 Å². The summed E-state index contributed by atoms with van der Waals surface area (Å²) in [6.07, 6.45) is 1.51. The molecule has 0 aliphatic rings. The van der Waals surface area contributed by atoms with Gasteiger partial charge in [-0.05, 0) is 12.5 Å². The maximum Gasteiger partial charge on any atom is 0.195 e. The van der Waals surface area contributed by atoms with Crippen LogP contribution in [0.15, 0.2) is 36.0 Å². The lowest BCUT2D eigenvalue weighted by molar-refractivity contribution is 0.0982. The van der Waals surface area contributed by atoms with Crippen molar-refractivity contribution >= 4 is 17.1 Å².